The third-order valence-electron chi connectivity index (χ3n) is 8.37. The van der Waals surface area contributed by atoms with E-state index >= 15 is 0 Å². The summed E-state index contributed by atoms with van der Waals surface area (Å²) < 4.78 is 10.7. The fraction of sp³-hybridized carbons (Fsp3) is 0.688. The first-order chi connectivity index (χ1) is 19.1. The van der Waals surface area contributed by atoms with Gasteiger partial charge in [-0.05, 0) is 19.3 Å². The van der Waals surface area contributed by atoms with Gasteiger partial charge in [-0.2, -0.15) is 0 Å². The van der Waals surface area contributed by atoms with Crippen LogP contribution < -0.4 is 5.73 Å². The molecule has 234 valence electrons. The summed E-state index contributed by atoms with van der Waals surface area (Å²) in [5.74, 6) is -2.50. The first kappa shape index (κ1) is 36.6. The number of carbonyl (C=O) groups excluding carboxylic acids is 2. The molecular weight excluding hydrogens is 526 g/mol. The number of hydrogen-bond acceptors (Lipinski definition) is 8. The molecule has 1 rings (SSSR count). The van der Waals surface area contributed by atoms with E-state index in [0.717, 1.165) is 0 Å². The number of amides is 1. The van der Waals surface area contributed by atoms with Crippen molar-refractivity contribution in [1.82, 2.24) is 0 Å². The number of esters is 1. The van der Waals surface area contributed by atoms with Gasteiger partial charge in [0, 0.05) is 36.0 Å². The lowest BCUT2D eigenvalue weighted by atomic mass is 9.82. The zero-order valence-electron chi connectivity index (χ0n) is 25.7. The van der Waals surface area contributed by atoms with Gasteiger partial charge in [-0.15, -0.1) is 0 Å². The van der Waals surface area contributed by atoms with E-state index in [-0.39, 0.29) is 41.9 Å². The minimum absolute atomic E-state index is 0.148. The van der Waals surface area contributed by atoms with Crippen LogP contribution in [-0.2, 0) is 14.3 Å². The van der Waals surface area contributed by atoms with Crippen LogP contribution in [0.1, 0.15) is 61.3 Å². The Morgan fingerprint density at radius 2 is 1.61 bits per heavy atom. The number of carbonyl (C=O) groups is 2. The Hall–Kier alpha value is -2.46. The van der Waals surface area contributed by atoms with Gasteiger partial charge >= 0.3 is 12.1 Å². The second kappa shape index (κ2) is 17.5. The van der Waals surface area contributed by atoms with E-state index in [4.69, 9.17) is 15.2 Å². The Labute approximate surface area is 245 Å². The summed E-state index contributed by atoms with van der Waals surface area (Å²) >= 11 is 0. The van der Waals surface area contributed by atoms with Crippen molar-refractivity contribution in [2.75, 3.05) is 0 Å². The Morgan fingerprint density at radius 3 is 2.20 bits per heavy atom. The van der Waals surface area contributed by atoms with Crippen LogP contribution in [0.15, 0.2) is 49.1 Å². The van der Waals surface area contributed by atoms with Crippen molar-refractivity contribution in [3.8, 4) is 0 Å². The van der Waals surface area contributed by atoms with Crippen molar-refractivity contribution in [3.05, 3.63) is 49.1 Å². The molecule has 6 N–H and O–H groups in total. The van der Waals surface area contributed by atoms with Gasteiger partial charge in [0.05, 0.1) is 30.3 Å². The predicted octanol–water partition coefficient (Wildman–Crippen LogP) is 3.91. The molecule has 0 saturated carbocycles. The lowest BCUT2D eigenvalue weighted by Crippen LogP contribution is -2.47. The highest BCUT2D eigenvalue weighted by Gasteiger charge is 2.41. The number of ether oxygens (including phenoxy) is 2. The summed E-state index contributed by atoms with van der Waals surface area (Å²) in [5.41, 5.74) is 5.27. The average Bonchev–Trinajstić information content (AvgIpc) is 2.93. The van der Waals surface area contributed by atoms with Crippen molar-refractivity contribution < 1.29 is 39.5 Å². The molecule has 0 bridgehead atoms. The van der Waals surface area contributed by atoms with E-state index in [2.05, 4.69) is 6.58 Å². The average molecular weight is 580 g/mol. The van der Waals surface area contributed by atoms with E-state index in [1.807, 2.05) is 52.8 Å². The largest absolute Gasteiger partial charge is 0.462 e. The van der Waals surface area contributed by atoms with Crippen LogP contribution in [0, 0.1) is 41.4 Å². The smallest absolute Gasteiger partial charge is 0.404 e. The van der Waals surface area contributed by atoms with Crippen LogP contribution in [0.25, 0.3) is 0 Å². The number of primary amides is 1. The molecule has 9 nitrogen and oxygen atoms in total. The summed E-state index contributed by atoms with van der Waals surface area (Å²) in [7, 11) is 0. The zero-order valence-corrected chi connectivity index (χ0v) is 25.7. The standard InChI is InChI=1S/C32H53NO8/c1-9-10-12-21(5)30(41-32(33)39)23(7)28(36)19(3)14-11-13-18(2)27(35)20(4)15-16-25(34)17-26-22(6)29(37)24(8)31(38)40-26/h9-13,15-16,18-30,34-37H,1,14,17H2,2-8H3,(H2,33,39)/b12-10-,13-11-,16-15-/t18-,19-,20?,21?,22-,23-,24+,25+,26-,27+,28+,29-,30-/m0/s1. The second-order valence-electron chi connectivity index (χ2n) is 11.9. The van der Waals surface area contributed by atoms with Crippen molar-refractivity contribution >= 4 is 12.1 Å². The van der Waals surface area contributed by atoms with Crippen LogP contribution in [-0.4, -0.2) is 69.1 Å². The molecule has 0 aromatic carbocycles. The van der Waals surface area contributed by atoms with Crippen LogP contribution in [0.2, 0.25) is 0 Å². The number of nitrogens with two attached hydrogens (primary N) is 1. The van der Waals surface area contributed by atoms with Crippen molar-refractivity contribution in [1.29, 1.82) is 0 Å². The summed E-state index contributed by atoms with van der Waals surface area (Å²) in [6.45, 7) is 16.4. The first-order valence-electron chi connectivity index (χ1n) is 14.6. The maximum Gasteiger partial charge on any atom is 0.404 e. The molecule has 0 radical (unpaired) electrons. The van der Waals surface area contributed by atoms with Gasteiger partial charge in [-0.25, -0.2) is 4.79 Å². The minimum Gasteiger partial charge on any atom is -0.462 e. The van der Waals surface area contributed by atoms with Crippen molar-refractivity contribution in [2.45, 2.75) is 97.9 Å². The quantitative estimate of drug-likeness (QED) is 0.105. The molecule has 9 heteroatoms. The van der Waals surface area contributed by atoms with E-state index in [0.29, 0.717) is 6.42 Å². The molecule has 0 aliphatic carbocycles. The maximum absolute atomic E-state index is 11.9. The molecule has 1 aliphatic rings. The number of rotatable bonds is 16. The summed E-state index contributed by atoms with van der Waals surface area (Å²) in [6, 6.07) is 0. The highest BCUT2D eigenvalue weighted by Crippen LogP contribution is 2.30. The van der Waals surface area contributed by atoms with E-state index in [1.165, 1.54) is 0 Å². The van der Waals surface area contributed by atoms with Crippen molar-refractivity contribution in [3.63, 3.8) is 0 Å². The molecule has 2 unspecified atom stereocenters. The lowest BCUT2D eigenvalue weighted by Gasteiger charge is -2.36. The number of hydrogen-bond donors (Lipinski definition) is 5. The highest BCUT2D eigenvalue weighted by atomic mass is 16.6. The molecule has 1 heterocycles. The Bertz CT molecular complexity index is 917. The third kappa shape index (κ3) is 11.4. The Kier molecular flexibility index (Phi) is 15.6. The Morgan fingerprint density at radius 1 is 1.00 bits per heavy atom. The molecular formula is C32H53NO8. The van der Waals surface area contributed by atoms with Gasteiger partial charge in [0.2, 0.25) is 0 Å². The molecule has 1 fully saturated rings. The highest BCUT2D eigenvalue weighted by molar-refractivity contribution is 5.73. The Balaban J connectivity index is 2.67. The topological polar surface area (TPSA) is 160 Å². The molecule has 0 aromatic rings. The fourth-order valence-corrected chi connectivity index (χ4v) is 5.32. The molecule has 13 atom stereocenters. The second-order valence-corrected chi connectivity index (χ2v) is 11.9. The summed E-state index contributed by atoms with van der Waals surface area (Å²) in [4.78, 5) is 23.4. The molecule has 0 spiro atoms. The number of aliphatic hydroxyl groups excluding tert-OH is 4. The predicted molar refractivity (Wildman–Crippen MR) is 159 cm³/mol. The van der Waals surface area contributed by atoms with Gasteiger partial charge < -0.3 is 35.6 Å². The maximum atomic E-state index is 11.9. The zero-order chi connectivity index (χ0) is 31.4. The molecule has 41 heavy (non-hydrogen) atoms. The normalized spacial score (nSPS) is 28.4. The number of cyclic esters (lactones) is 1. The lowest BCUT2D eigenvalue weighted by molar-refractivity contribution is -0.179. The first-order valence-corrected chi connectivity index (χ1v) is 14.6. The van der Waals surface area contributed by atoms with Gasteiger partial charge in [0.1, 0.15) is 12.2 Å². The summed E-state index contributed by atoms with van der Waals surface area (Å²) in [6.07, 6.45) is 7.85. The van der Waals surface area contributed by atoms with Gasteiger partial charge in [0.15, 0.2) is 0 Å². The van der Waals surface area contributed by atoms with Crippen LogP contribution in [0.5, 0.6) is 0 Å². The third-order valence-corrected chi connectivity index (χ3v) is 8.37. The fourth-order valence-electron chi connectivity index (χ4n) is 5.32. The molecule has 1 saturated heterocycles. The van der Waals surface area contributed by atoms with Crippen LogP contribution in [0.4, 0.5) is 4.79 Å². The molecule has 1 aliphatic heterocycles. The van der Waals surface area contributed by atoms with Gasteiger partial charge in [-0.1, -0.05) is 90.7 Å². The monoisotopic (exact) mass is 579 g/mol. The van der Waals surface area contributed by atoms with Crippen LogP contribution in [0.3, 0.4) is 0 Å². The molecule has 1 amide bonds. The number of aliphatic hydroxyl groups is 4. The SMILES string of the molecule is C=C/C=C\C(C)[C@H](OC(N)=O)[C@@H](C)[C@H](O)[C@@H](C)C/C=C\[C@H](C)[C@@H](O)C(C)/C=C\[C@@H](O)C[C@@H]1OC(=O)[C@H](C)[C@@H](O)[C@H]1C. The van der Waals surface area contributed by atoms with Crippen LogP contribution >= 0.6 is 0 Å². The van der Waals surface area contributed by atoms with Gasteiger partial charge in [-0.3, -0.25) is 4.79 Å². The molecule has 0 aromatic heterocycles. The summed E-state index contributed by atoms with van der Waals surface area (Å²) in [5, 5.41) is 42.5. The van der Waals surface area contributed by atoms with Crippen molar-refractivity contribution in [2.24, 2.45) is 47.2 Å². The van der Waals surface area contributed by atoms with E-state index in [1.54, 1.807) is 38.2 Å². The minimum atomic E-state index is -0.891. The van der Waals surface area contributed by atoms with E-state index < -0.39 is 54.6 Å². The van der Waals surface area contributed by atoms with E-state index in [9.17, 15) is 30.0 Å². The number of allylic oxidation sites excluding steroid dienone is 3. The van der Waals surface area contributed by atoms with Gasteiger partial charge in [0.25, 0.3) is 0 Å².